The van der Waals surface area contributed by atoms with Crippen molar-refractivity contribution in [2.24, 2.45) is 11.5 Å². The molecule has 89 heavy (non-hydrogen) atoms. The van der Waals surface area contributed by atoms with E-state index in [-0.39, 0.29) is 17.3 Å². The molecule has 3 saturated heterocycles. The van der Waals surface area contributed by atoms with Gasteiger partial charge in [0.05, 0.1) is 19.3 Å². The lowest BCUT2D eigenvalue weighted by atomic mass is 9.96. The number of carbonyl (C=O) groups is 2. The molecule has 7 aliphatic rings. The summed E-state index contributed by atoms with van der Waals surface area (Å²) in [7, 11) is 0. The molecule has 25 atom stereocenters. The van der Waals surface area contributed by atoms with Crippen molar-refractivity contribution in [2.45, 2.75) is 179 Å². The summed E-state index contributed by atoms with van der Waals surface area (Å²) in [5.41, 5.74) is 11.2. The second-order valence-electron chi connectivity index (χ2n) is 20.1. The van der Waals surface area contributed by atoms with Gasteiger partial charge < -0.3 is 186 Å². The minimum atomic E-state index is -2.88. The smallest absolute Gasteiger partial charge is 0.321 e. The molecule has 0 saturated carbocycles. The number of fused-ring (bicyclic) bond motifs is 3. The Labute approximate surface area is 511 Å². The molecule has 39 nitrogen and oxygen atoms in total. The molecule has 7 aliphatic heterocycles. The van der Waals surface area contributed by atoms with E-state index in [2.05, 4.69) is 0 Å². The van der Waals surface area contributed by atoms with Gasteiger partial charge in [0, 0.05) is 56.3 Å². The Morgan fingerprint density at radius 2 is 0.663 bits per heavy atom. The lowest BCUT2D eigenvalue weighted by molar-refractivity contribution is -0.381. The Balaban J connectivity index is 1.86. The predicted octanol–water partition coefficient (Wildman–Crippen LogP) is -8.57. The topological polar surface area (TPSA) is 684 Å². The molecule has 0 aromatic carbocycles. The fourth-order valence-electron chi connectivity index (χ4n) is 8.78. The molecule has 29 N–H and O–H groups in total. The van der Waals surface area contributed by atoms with Gasteiger partial charge in [0.25, 0.3) is 0 Å². The van der Waals surface area contributed by atoms with Crippen LogP contribution in [0.15, 0.2) is 46.1 Å². The third kappa shape index (κ3) is 20.5. The van der Waals surface area contributed by atoms with E-state index in [1.54, 1.807) is 0 Å². The highest BCUT2D eigenvalue weighted by atomic mass is 32.2. The van der Waals surface area contributed by atoms with Gasteiger partial charge in [-0.3, -0.25) is 9.59 Å². The maximum atomic E-state index is 11.5. The maximum absolute atomic E-state index is 11.5. The summed E-state index contributed by atoms with van der Waals surface area (Å²) in [5.74, 6) is -16.9. The molecule has 0 aromatic heterocycles. The summed E-state index contributed by atoms with van der Waals surface area (Å²) in [5, 5.41) is 270. The van der Waals surface area contributed by atoms with Gasteiger partial charge in [0.1, 0.15) is 104 Å². The summed E-state index contributed by atoms with van der Waals surface area (Å²) in [4.78, 5) is 22.9. The number of rotatable bonds is 19. The molecule has 0 aliphatic carbocycles. The lowest BCUT2D eigenvalue weighted by Crippen LogP contribution is -2.67. The second kappa shape index (κ2) is 36.4. The van der Waals surface area contributed by atoms with Crippen LogP contribution in [0, 0.1) is 0 Å². The molecule has 7 rings (SSSR count). The SMILES string of the molecule is N[C@H](CSCC[C@H]1O[C@@H]2OC(CO)[C@@H](O[C@@H]3OC(CO)[C@@H](O[C@H]4OC(CSC[C@@H](N)C(=O)O)[C@@H](O[C@@H](O)/C(O)=C(\O)[C@@H](CCO)O[C@@H](O)/C(O)=C(/O)[C@@H](CCO)O[C@@H](O)/C(O)=C(\O)[C@@H](CCO)O[C@H](O)C(O)=C1O)[C@H](O)C4O)C(O)C3O)[C@H](O)C2O)C(=O)O. The van der Waals surface area contributed by atoms with Gasteiger partial charge in [0.2, 0.25) is 25.2 Å². The van der Waals surface area contributed by atoms with E-state index in [0.29, 0.717) is 11.8 Å². The van der Waals surface area contributed by atoms with Gasteiger partial charge in [-0.25, -0.2) is 0 Å². The highest BCUT2D eigenvalue weighted by Gasteiger charge is 2.55. The standard InChI is InChI=1S/C48H80N2O37S2/c49-14(40(70)71)11-88-8-4-19-26(59)32(65)44(76)79-17(2-6-52)24(57)30(63)42(74)78-16(1-5-51)23(56)31(64)43(75)80-18(3-7-53)25(58)33(66)45(77)85-39-22(13-89-12-15(50)41(72)73)84-48(36(69)29(39)62)87-38-21(10-55)83-47(35(68)28(38)61)86-37-20(9-54)82-46(81-19)34(67)27(37)60/h14-22,27-29,34-39,42-48,51-69,74-77H,1-13,49-50H2,(H,70,71)(H,72,73)/b30-24+,31-23-,32-26?,33-25+/t14-,15-,16-,17-,18-,19-,20?,21?,22?,27-,28?,29-,34?,35?,36?,37-,38-,39-,42-,43-,44+,45-,46-,47+,48-/m1/s1. The summed E-state index contributed by atoms with van der Waals surface area (Å²) in [6, 6.07) is -2.96. The molecule has 0 radical (unpaired) electrons. The number of aliphatic hydroxyl groups excluding tert-OH is 23. The molecule has 0 amide bonds. The monoisotopic (exact) mass is 1340 g/mol. The van der Waals surface area contributed by atoms with Crippen LogP contribution >= 0.6 is 23.5 Å². The van der Waals surface area contributed by atoms with Crippen LogP contribution in [0.5, 0.6) is 0 Å². The first-order chi connectivity index (χ1) is 41.9. The van der Waals surface area contributed by atoms with Gasteiger partial charge in [-0.15, -0.1) is 0 Å². The second-order valence-corrected chi connectivity index (χ2v) is 22.3. The number of aliphatic hydroxyl groups is 23. The number of thioether (sulfide) groups is 2. The molecule has 516 valence electrons. The predicted molar refractivity (Wildman–Crippen MR) is 289 cm³/mol. The van der Waals surface area contributed by atoms with E-state index in [0.717, 1.165) is 11.8 Å². The number of nitrogens with two attached hydrogens (primary N) is 2. The average Bonchev–Trinajstić information content (AvgIpc) is 0.928. The van der Waals surface area contributed by atoms with E-state index in [4.69, 9.17) is 58.8 Å². The zero-order valence-electron chi connectivity index (χ0n) is 46.7. The summed E-state index contributed by atoms with van der Waals surface area (Å²) < 4.78 is 55.2. The number of hydrogen-bond donors (Lipinski definition) is 27. The van der Waals surface area contributed by atoms with Crippen LogP contribution in [0.25, 0.3) is 0 Å². The molecular weight excluding hydrogens is 1260 g/mol. The van der Waals surface area contributed by atoms with Crippen LogP contribution < -0.4 is 11.5 Å². The van der Waals surface area contributed by atoms with Crippen molar-refractivity contribution >= 4 is 35.5 Å². The van der Waals surface area contributed by atoms with Crippen LogP contribution in [-0.2, 0) is 57.0 Å². The Kier molecular flexibility index (Phi) is 31.6. The zero-order chi connectivity index (χ0) is 66.9. The van der Waals surface area contributed by atoms with E-state index < -0.39 is 276 Å². The van der Waals surface area contributed by atoms with Gasteiger partial charge in [-0.1, -0.05) is 0 Å². The molecule has 3 fully saturated rings. The fourth-order valence-corrected chi connectivity index (χ4v) is 10.8. The molecular formula is C48H80N2O37S2. The first kappa shape index (κ1) is 77.4. The van der Waals surface area contributed by atoms with Crippen molar-refractivity contribution in [3.8, 4) is 0 Å². The Bertz CT molecular complexity index is 2340. The van der Waals surface area contributed by atoms with Gasteiger partial charge in [-0.05, 0) is 12.2 Å². The maximum Gasteiger partial charge on any atom is 0.321 e. The average molecular weight is 1340 g/mol. The van der Waals surface area contributed by atoms with E-state index in [1.807, 2.05) is 0 Å². The third-order valence-electron chi connectivity index (χ3n) is 13.7. The van der Waals surface area contributed by atoms with Crippen LogP contribution in [0.2, 0.25) is 0 Å². The van der Waals surface area contributed by atoms with Crippen LogP contribution in [0.4, 0.5) is 0 Å². The summed E-state index contributed by atoms with van der Waals surface area (Å²) in [6.45, 7) is -5.28. The van der Waals surface area contributed by atoms with E-state index >= 15 is 0 Å². The summed E-state index contributed by atoms with van der Waals surface area (Å²) >= 11 is 1.53. The minimum absolute atomic E-state index is 0.241. The first-order valence-electron chi connectivity index (χ1n) is 26.9. The molecule has 0 spiro atoms. The van der Waals surface area contributed by atoms with Crippen molar-refractivity contribution in [2.75, 3.05) is 56.0 Å². The first-order valence-corrected chi connectivity index (χ1v) is 29.2. The number of carboxylic acid groups (broad SMARTS) is 2. The molecule has 0 aromatic rings. The molecule has 6 bridgehead atoms. The van der Waals surface area contributed by atoms with E-state index in [1.165, 1.54) is 0 Å². The van der Waals surface area contributed by atoms with Gasteiger partial charge >= 0.3 is 11.9 Å². The largest absolute Gasteiger partial charge is 0.506 e. The van der Waals surface area contributed by atoms with Crippen molar-refractivity contribution in [3.05, 3.63) is 46.1 Å². The fraction of sp³-hybridized carbons (Fsp3) is 0.792. The van der Waals surface area contributed by atoms with Crippen molar-refractivity contribution < 1.29 is 185 Å². The highest BCUT2D eigenvalue weighted by Crippen LogP contribution is 2.36. The number of hydrogen-bond acceptors (Lipinski definition) is 39. The minimum Gasteiger partial charge on any atom is -0.506 e. The molecule has 41 heteroatoms. The number of carboxylic acids is 2. The molecule has 7 heterocycles. The number of aliphatic carboxylic acids is 2. The van der Waals surface area contributed by atoms with Crippen molar-refractivity contribution in [1.29, 1.82) is 0 Å². The van der Waals surface area contributed by atoms with Gasteiger partial charge in [-0.2, -0.15) is 23.5 Å². The van der Waals surface area contributed by atoms with Crippen molar-refractivity contribution in [3.63, 3.8) is 0 Å². The Morgan fingerprint density at radius 3 is 0.989 bits per heavy atom. The van der Waals surface area contributed by atoms with Crippen LogP contribution in [0.1, 0.15) is 25.7 Å². The third-order valence-corrected chi connectivity index (χ3v) is 16.0. The Morgan fingerprint density at radius 1 is 0.371 bits per heavy atom. The summed E-state index contributed by atoms with van der Waals surface area (Å²) in [6.07, 6.45) is -55.2. The van der Waals surface area contributed by atoms with Crippen LogP contribution in [0.3, 0.4) is 0 Å². The normalized spacial score (nSPS) is 40.8. The molecule has 7 unspecified atom stereocenters. The Hall–Kier alpha value is -4.08. The van der Waals surface area contributed by atoms with E-state index in [9.17, 15) is 137 Å². The van der Waals surface area contributed by atoms with Gasteiger partial charge in [0.15, 0.2) is 64.9 Å². The zero-order valence-corrected chi connectivity index (χ0v) is 48.3. The lowest BCUT2D eigenvalue weighted by Gasteiger charge is -2.48. The van der Waals surface area contributed by atoms with Crippen LogP contribution in [-0.4, -0.2) is 349 Å². The quantitative estimate of drug-likeness (QED) is 0.0534. The highest BCUT2D eigenvalue weighted by molar-refractivity contribution is 7.99. The van der Waals surface area contributed by atoms with Crippen molar-refractivity contribution in [1.82, 2.24) is 0 Å². The number of ether oxygens (including phenoxy) is 10.